The molecule has 0 aliphatic rings. The summed E-state index contributed by atoms with van der Waals surface area (Å²) in [6.07, 6.45) is 0. The van der Waals surface area contributed by atoms with Gasteiger partial charge in [0.05, 0.1) is 0 Å². The van der Waals surface area contributed by atoms with Crippen LogP contribution in [-0.4, -0.2) is 61.7 Å². The molecule has 22 valence electrons. The van der Waals surface area contributed by atoms with Crippen molar-refractivity contribution >= 4 is 61.7 Å². The van der Waals surface area contributed by atoms with Gasteiger partial charge in [0.15, 0.2) is 0 Å². The molecule has 0 aromatic heterocycles. The summed E-state index contributed by atoms with van der Waals surface area (Å²) in [5.74, 6) is 0. The molecule has 5 heavy (non-hydrogen) atoms. The van der Waals surface area contributed by atoms with Crippen molar-refractivity contribution in [1.29, 1.82) is 0 Å². The van der Waals surface area contributed by atoms with Gasteiger partial charge in [-0.05, 0) is 0 Å². The zero-order chi connectivity index (χ0) is 2.00. The Hall–Kier alpha value is 3.75. The monoisotopic (exact) mass is 454 g/mol. The third-order valence-electron chi connectivity index (χ3n) is 0. The average molecular weight is 453 g/mol. The zero-order valence-electron chi connectivity index (χ0n) is 2.14. The minimum Gasteiger partial charge on any atom is 0 e. The van der Waals surface area contributed by atoms with E-state index in [0.717, 1.165) is 0 Å². The Morgan fingerprint density at radius 3 is 1.20 bits per heavy atom. The van der Waals surface area contributed by atoms with E-state index in [1.54, 1.807) is 0 Å². The van der Waals surface area contributed by atoms with Crippen molar-refractivity contribution in [2.75, 3.05) is 0 Å². The van der Waals surface area contributed by atoms with Crippen molar-refractivity contribution in [3.8, 4) is 0 Å². The molecule has 0 aliphatic carbocycles. The van der Waals surface area contributed by atoms with Gasteiger partial charge in [-0.2, -0.15) is 0 Å². The van der Waals surface area contributed by atoms with E-state index in [4.69, 9.17) is 3.80 Å². The van der Waals surface area contributed by atoms with Crippen LogP contribution in [0.15, 0.2) is 0 Å². The number of rotatable bonds is 0. The van der Waals surface area contributed by atoms with E-state index < -0.39 is 0 Å². The molecule has 0 aliphatic heterocycles. The van der Waals surface area contributed by atoms with Gasteiger partial charge < -0.3 is 0 Å². The standard InChI is InChI=1S/Al.La.O.Sr.Ta.3H. The molecule has 0 atom stereocenters. The third kappa shape index (κ3) is 18.2. The maximum atomic E-state index is 8.28. The second kappa shape index (κ2) is 25.1. The van der Waals surface area contributed by atoms with Crippen molar-refractivity contribution < 1.29 is 61.8 Å². The van der Waals surface area contributed by atoms with Gasteiger partial charge in [0, 0.05) is 58.0 Å². The predicted molar refractivity (Wildman–Crippen MR) is 16.4 cm³/mol. The topological polar surface area (TPSA) is 17.1 Å². The van der Waals surface area contributed by atoms with Crippen LogP contribution < -0.4 is 0 Å². The van der Waals surface area contributed by atoms with Crippen LogP contribution in [0.4, 0.5) is 0 Å². The summed E-state index contributed by atoms with van der Waals surface area (Å²) in [7, 11) is 0. The van der Waals surface area contributed by atoms with E-state index in [0.29, 0.717) is 16.2 Å². The molecule has 0 saturated carbocycles. The minimum absolute atomic E-state index is 0. The van der Waals surface area contributed by atoms with E-state index >= 15 is 0 Å². The van der Waals surface area contributed by atoms with E-state index in [2.05, 4.69) is 0 Å². The van der Waals surface area contributed by atoms with Crippen molar-refractivity contribution in [1.82, 2.24) is 0 Å². The fourth-order valence-electron chi connectivity index (χ4n) is 0. The van der Waals surface area contributed by atoms with Crippen LogP contribution in [0.25, 0.3) is 0 Å². The molecule has 0 N–H and O–H groups in total. The first-order valence-corrected chi connectivity index (χ1v) is 0.866. The Labute approximate surface area is 120 Å². The molecule has 0 bridgehead atoms. The Morgan fingerprint density at radius 1 is 1.20 bits per heavy atom. The number of hydrogen-bond donors (Lipinski definition) is 0. The summed E-state index contributed by atoms with van der Waals surface area (Å²) in [6, 6.07) is 0. The SMILES string of the molecule is [La].[O]=[AlH].[SrH2].[Ta]. The van der Waals surface area contributed by atoms with Gasteiger partial charge in [0.2, 0.25) is 0 Å². The average Bonchev–Trinajstić information content (AvgIpc) is 1.00. The summed E-state index contributed by atoms with van der Waals surface area (Å²) in [5.41, 5.74) is 0. The van der Waals surface area contributed by atoms with Crippen molar-refractivity contribution in [2.45, 2.75) is 0 Å². The fourth-order valence-corrected chi connectivity index (χ4v) is 0. The van der Waals surface area contributed by atoms with Gasteiger partial charge in [-0.25, -0.2) is 0 Å². The molecule has 1 nitrogen and oxygen atoms in total. The molecule has 0 heterocycles. The molecule has 5 heteroatoms. The third-order valence-corrected chi connectivity index (χ3v) is 0. The first kappa shape index (κ1) is 23.3. The van der Waals surface area contributed by atoms with Crippen LogP contribution in [-0.2, 0) is 26.2 Å². The summed E-state index contributed by atoms with van der Waals surface area (Å²) >= 11 is 0.611. The van der Waals surface area contributed by atoms with E-state index in [1.165, 1.54) is 0 Å². The second-order valence-electron chi connectivity index (χ2n) is 0. The van der Waals surface area contributed by atoms with Gasteiger partial charge in [0.1, 0.15) is 0 Å². The molecule has 0 aromatic rings. The molecule has 0 unspecified atom stereocenters. The maximum absolute atomic E-state index is 8.28. The maximum Gasteiger partial charge on any atom is 0 e. The Morgan fingerprint density at radius 2 is 1.20 bits per heavy atom. The molecule has 0 rings (SSSR count). The van der Waals surface area contributed by atoms with Gasteiger partial charge >= 0.3 is 65.5 Å². The normalized spacial score (nSPS) is 0.600. The first-order chi connectivity index (χ1) is 1.00. The molecular formula is H3AlLaOSrTa. The van der Waals surface area contributed by atoms with Crippen molar-refractivity contribution in [3.63, 3.8) is 0 Å². The van der Waals surface area contributed by atoms with Gasteiger partial charge in [-0.3, -0.25) is 0 Å². The van der Waals surface area contributed by atoms with Gasteiger partial charge in [-0.1, -0.05) is 0 Å². The number of hydrogen-bond acceptors (Lipinski definition) is 1. The smallest absolute Gasteiger partial charge is 0 e. The van der Waals surface area contributed by atoms with Crippen molar-refractivity contribution in [3.05, 3.63) is 0 Å². The van der Waals surface area contributed by atoms with E-state index in [9.17, 15) is 0 Å². The Bertz CT molecular complexity index is 11.6. The minimum atomic E-state index is 0. The summed E-state index contributed by atoms with van der Waals surface area (Å²) in [4.78, 5) is 0. The Balaban J connectivity index is -0.00000000167. The van der Waals surface area contributed by atoms with Gasteiger partial charge in [-0.15, -0.1) is 0 Å². The summed E-state index contributed by atoms with van der Waals surface area (Å²) < 4.78 is 8.28. The second-order valence-corrected chi connectivity index (χ2v) is 0. The molecule has 0 fully saturated rings. The molecular weight excluding hydrogens is 450 g/mol. The summed E-state index contributed by atoms with van der Waals surface area (Å²) in [6.45, 7) is 0. The molecule has 0 aromatic carbocycles. The van der Waals surface area contributed by atoms with E-state index in [-0.39, 0.29) is 103 Å². The van der Waals surface area contributed by atoms with Crippen LogP contribution in [0.2, 0.25) is 0 Å². The van der Waals surface area contributed by atoms with Crippen LogP contribution in [0.1, 0.15) is 0 Å². The van der Waals surface area contributed by atoms with Crippen LogP contribution in [0.3, 0.4) is 0 Å². The van der Waals surface area contributed by atoms with E-state index in [1.807, 2.05) is 0 Å². The summed E-state index contributed by atoms with van der Waals surface area (Å²) in [5, 5.41) is 0. The fraction of sp³-hybridized carbons (Fsp3) is 0. The van der Waals surface area contributed by atoms with Crippen LogP contribution >= 0.6 is 0 Å². The van der Waals surface area contributed by atoms with Crippen molar-refractivity contribution in [2.24, 2.45) is 0 Å². The molecule has 2 radical (unpaired) electrons. The zero-order valence-corrected chi connectivity index (χ0v) is 10.4. The quantitative estimate of drug-likeness (QED) is 0.401. The Kier molecular flexibility index (Phi) is 117. The van der Waals surface area contributed by atoms with Crippen LogP contribution in [0.5, 0.6) is 0 Å². The molecule has 0 amide bonds. The largest absolute Gasteiger partial charge is 0 e. The first-order valence-electron chi connectivity index (χ1n) is 0.289. The predicted octanol–water partition coefficient (Wildman–Crippen LogP) is -1.69. The molecule has 0 spiro atoms. The van der Waals surface area contributed by atoms with Gasteiger partial charge in [0.25, 0.3) is 0 Å². The molecule has 0 saturated heterocycles. The van der Waals surface area contributed by atoms with Crippen LogP contribution in [0, 0.1) is 35.6 Å².